The minimum absolute atomic E-state index is 0.174. The fourth-order valence-electron chi connectivity index (χ4n) is 1.54. The lowest BCUT2D eigenvalue weighted by Gasteiger charge is -2.12. The average Bonchev–Trinajstić information content (AvgIpc) is 2.84. The molecule has 7 heteroatoms. The minimum atomic E-state index is -0.174. The van der Waals surface area contributed by atoms with E-state index >= 15 is 0 Å². The predicted octanol–water partition coefficient (Wildman–Crippen LogP) is 0.742. The quantitative estimate of drug-likeness (QED) is 0.883. The Morgan fingerprint density at radius 1 is 1.42 bits per heavy atom. The largest absolute Gasteiger partial charge is 0.331 e. The van der Waals surface area contributed by atoms with Gasteiger partial charge in [-0.25, -0.2) is 14.8 Å². The van der Waals surface area contributed by atoms with Crippen molar-refractivity contribution in [2.75, 3.05) is 14.1 Å². The lowest BCUT2D eigenvalue weighted by molar-refractivity contribution is 0.216. The molecule has 2 rings (SSSR count). The Labute approximate surface area is 111 Å². The minimum Gasteiger partial charge on any atom is -0.331 e. The zero-order valence-corrected chi connectivity index (χ0v) is 11.2. The highest BCUT2D eigenvalue weighted by Gasteiger charge is 2.10. The van der Waals surface area contributed by atoms with Gasteiger partial charge < -0.3 is 10.2 Å². The molecule has 2 heterocycles. The number of aromatic nitrogens is 4. The molecule has 0 bridgehead atoms. The molecule has 0 spiro atoms. The summed E-state index contributed by atoms with van der Waals surface area (Å²) in [5.41, 5.74) is 0.899. The molecule has 0 aromatic carbocycles. The van der Waals surface area contributed by atoms with Gasteiger partial charge >= 0.3 is 6.03 Å². The maximum atomic E-state index is 11.5. The van der Waals surface area contributed by atoms with Gasteiger partial charge in [0.1, 0.15) is 6.33 Å². The van der Waals surface area contributed by atoms with Crippen LogP contribution in [0.2, 0.25) is 0 Å². The van der Waals surface area contributed by atoms with Crippen molar-refractivity contribution in [3.63, 3.8) is 0 Å². The van der Waals surface area contributed by atoms with Crippen molar-refractivity contribution in [2.45, 2.75) is 13.5 Å². The number of carbonyl (C=O) groups is 1. The Morgan fingerprint density at radius 2 is 2.21 bits per heavy atom. The van der Waals surface area contributed by atoms with Crippen LogP contribution >= 0.6 is 0 Å². The Bertz CT molecular complexity index is 577. The maximum absolute atomic E-state index is 11.5. The fourth-order valence-corrected chi connectivity index (χ4v) is 1.54. The number of hydrogen-bond donors (Lipinski definition) is 1. The van der Waals surface area contributed by atoms with Gasteiger partial charge in [0.25, 0.3) is 0 Å². The number of amides is 2. The highest BCUT2D eigenvalue weighted by molar-refractivity contribution is 5.73. The number of rotatable bonds is 3. The van der Waals surface area contributed by atoms with Crippen LogP contribution in [0, 0.1) is 6.92 Å². The van der Waals surface area contributed by atoms with Gasteiger partial charge in [-0.1, -0.05) is 6.07 Å². The zero-order valence-electron chi connectivity index (χ0n) is 11.2. The molecule has 0 aliphatic carbocycles. The molecule has 0 saturated heterocycles. The number of urea groups is 1. The molecule has 100 valence electrons. The first kappa shape index (κ1) is 13.0. The second kappa shape index (κ2) is 5.47. The van der Waals surface area contributed by atoms with Crippen LogP contribution in [0.3, 0.4) is 0 Å². The smallest absolute Gasteiger partial charge is 0.317 e. The summed E-state index contributed by atoms with van der Waals surface area (Å²) in [4.78, 5) is 21.5. The Morgan fingerprint density at radius 3 is 2.89 bits per heavy atom. The zero-order chi connectivity index (χ0) is 13.8. The molecular formula is C12H16N6O. The van der Waals surface area contributed by atoms with Crippen LogP contribution < -0.4 is 5.32 Å². The third-order valence-electron chi connectivity index (χ3n) is 2.51. The van der Waals surface area contributed by atoms with Crippen LogP contribution in [-0.4, -0.2) is 44.8 Å². The molecule has 0 radical (unpaired) electrons. The molecule has 2 aromatic rings. The van der Waals surface area contributed by atoms with E-state index in [-0.39, 0.29) is 6.03 Å². The molecule has 0 fully saturated rings. The van der Waals surface area contributed by atoms with E-state index in [0.29, 0.717) is 18.2 Å². The topological polar surface area (TPSA) is 75.9 Å². The summed E-state index contributed by atoms with van der Waals surface area (Å²) in [5, 5.41) is 6.87. The lowest BCUT2D eigenvalue weighted by atomic mass is 10.4. The highest BCUT2D eigenvalue weighted by Crippen LogP contribution is 2.06. The van der Waals surface area contributed by atoms with Crippen molar-refractivity contribution in [3.8, 4) is 5.82 Å². The van der Waals surface area contributed by atoms with Gasteiger partial charge in [0.15, 0.2) is 11.6 Å². The second-order valence-corrected chi connectivity index (χ2v) is 4.28. The van der Waals surface area contributed by atoms with E-state index in [0.717, 1.165) is 5.69 Å². The van der Waals surface area contributed by atoms with E-state index in [1.807, 2.05) is 25.1 Å². The normalized spacial score (nSPS) is 10.3. The fraction of sp³-hybridized carbons (Fsp3) is 0.333. The molecule has 7 nitrogen and oxygen atoms in total. The van der Waals surface area contributed by atoms with Gasteiger partial charge in [-0.2, -0.15) is 9.78 Å². The highest BCUT2D eigenvalue weighted by atomic mass is 16.2. The molecule has 1 N–H and O–H groups in total. The summed E-state index contributed by atoms with van der Waals surface area (Å²) in [6, 6.07) is 5.49. The molecule has 0 aliphatic heterocycles. The monoisotopic (exact) mass is 260 g/mol. The number of nitrogens with zero attached hydrogens (tertiary/aromatic N) is 5. The second-order valence-electron chi connectivity index (χ2n) is 4.28. The number of pyridine rings is 1. The van der Waals surface area contributed by atoms with Gasteiger partial charge in [0.2, 0.25) is 0 Å². The summed E-state index contributed by atoms with van der Waals surface area (Å²) in [5.74, 6) is 1.32. The summed E-state index contributed by atoms with van der Waals surface area (Å²) in [7, 11) is 3.37. The van der Waals surface area contributed by atoms with Gasteiger partial charge in [0.05, 0.1) is 6.54 Å². The van der Waals surface area contributed by atoms with Crippen molar-refractivity contribution in [1.29, 1.82) is 0 Å². The van der Waals surface area contributed by atoms with E-state index in [9.17, 15) is 4.79 Å². The lowest BCUT2D eigenvalue weighted by Crippen LogP contribution is -2.34. The number of nitrogens with one attached hydrogen (secondary N) is 1. The van der Waals surface area contributed by atoms with Gasteiger partial charge in [-0.05, 0) is 19.1 Å². The summed E-state index contributed by atoms with van der Waals surface area (Å²) < 4.78 is 1.61. The van der Waals surface area contributed by atoms with Crippen LogP contribution in [0.15, 0.2) is 24.5 Å². The molecular weight excluding hydrogens is 244 g/mol. The average molecular weight is 260 g/mol. The first-order chi connectivity index (χ1) is 9.08. The van der Waals surface area contributed by atoms with Crippen molar-refractivity contribution in [1.82, 2.24) is 30.0 Å². The van der Waals surface area contributed by atoms with E-state index in [1.54, 1.807) is 18.8 Å². The van der Waals surface area contributed by atoms with Crippen LogP contribution in [0.1, 0.15) is 11.5 Å². The number of hydrogen-bond acceptors (Lipinski definition) is 4. The molecule has 19 heavy (non-hydrogen) atoms. The Balaban J connectivity index is 2.16. The predicted molar refractivity (Wildman–Crippen MR) is 69.8 cm³/mol. The molecule has 0 atom stereocenters. The molecule has 0 aliphatic rings. The summed E-state index contributed by atoms with van der Waals surface area (Å²) in [6.07, 6.45) is 1.45. The van der Waals surface area contributed by atoms with Crippen molar-refractivity contribution in [2.24, 2.45) is 0 Å². The van der Waals surface area contributed by atoms with Gasteiger partial charge in [-0.3, -0.25) is 0 Å². The molecule has 0 unspecified atom stereocenters. The van der Waals surface area contributed by atoms with Gasteiger partial charge in [0, 0.05) is 19.8 Å². The first-order valence-corrected chi connectivity index (χ1v) is 5.86. The summed E-state index contributed by atoms with van der Waals surface area (Å²) in [6.45, 7) is 2.21. The maximum Gasteiger partial charge on any atom is 0.317 e. The van der Waals surface area contributed by atoms with E-state index in [1.165, 1.54) is 11.2 Å². The molecule has 2 amide bonds. The SMILES string of the molecule is Cc1cccc(-n2ncnc2CNC(=O)N(C)C)n1. The van der Waals surface area contributed by atoms with Crippen LogP contribution in [-0.2, 0) is 6.54 Å². The Hall–Kier alpha value is -2.44. The van der Waals surface area contributed by atoms with Crippen molar-refractivity contribution in [3.05, 3.63) is 36.0 Å². The van der Waals surface area contributed by atoms with E-state index in [4.69, 9.17) is 0 Å². The van der Waals surface area contributed by atoms with Crippen LogP contribution in [0.4, 0.5) is 4.79 Å². The van der Waals surface area contributed by atoms with E-state index in [2.05, 4.69) is 20.4 Å². The molecule has 2 aromatic heterocycles. The van der Waals surface area contributed by atoms with Crippen molar-refractivity contribution >= 4 is 6.03 Å². The van der Waals surface area contributed by atoms with E-state index < -0.39 is 0 Å². The summed E-state index contributed by atoms with van der Waals surface area (Å²) >= 11 is 0. The van der Waals surface area contributed by atoms with Crippen LogP contribution in [0.5, 0.6) is 0 Å². The molecule has 0 saturated carbocycles. The third kappa shape index (κ3) is 3.06. The Kier molecular flexibility index (Phi) is 3.74. The van der Waals surface area contributed by atoms with Crippen molar-refractivity contribution < 1.29 is 4.79 Å². The van der Waals surface area contributed by atoms with Crippen LogP contribution in [0.25, 0.3) is 5.82 Å². The third-order valence-corrected chi connectivity index (χ3v) is 2.51. The number of aryl methyl sites for hydroxylation is 1. The van der Waals surface area contributed by atoms with Gasteiger partial charge in [-0.15, -0.1) is 0 Å². The first-order valence-electron chi connectivity index (χ1n) is 5.86. The number of carbonyl (C=O) groups excluding carboxylic acids is 1. The standard InChI is InChI=1S/C12H16N6O/c1-9-5-4-6-10(16-9)18-11(14-8-15-18)7-13-12(19)17(2)3/h4-6,8H,7H2,1-3H3,(H,13,19).